The van der Waals surface area contributed by atoms with Crippen LogP contribution in [0.3, 0.4) is 0 Å². The summed E-state index contributed by atoms with van der Waals surface area (Å²) >= 11 is 0. The standard InChI is InChI=1S/C8H8O7.2Na/c1-13-7(11)5-3(9)4(10)6(15-5)8(12)14-2;;/h9-10H,1-2H3;;. The first-order chi connectivity index (χ1) is 7.02. The van der Waals surface area contributed by atoms with Crippen LogP contribution < -0.4 is 0 Å². The van der Waals surface area contributed by atoms with Crippen LogP contribution in [0.25, 0.3) is 0 Å². The molecule has 0 fully saturated rings. The Labute approximate surface area is 141 Å². The second kappa shape index (κ2) is 8.02. The molecule has 1 aromatic rings. The fraction of sp³-hybridized carbons (Fsp3) is 0.250. The molecule has 0 aliphatic heterocycles. The molecule has 0 amide bonds. The van der Waals surface area contributed by atoms with Gasteiger partial charge in [0.05, 0.1) is 14.2 Å². The fourth-order valence-electron chi connectivity index (χ4n) is 0.876. The predicted molar refractivity (Wildman–Crippen MR) is 56.2 cm³/mol. The number of ether oxygens (including phenoxy) is 2. The van der Waals surface area contributed by atoms with Gasteiger partial charge >= 0.3 is 11.9 Å². The van der Waals surface area contributed by atoms with Gasteiger partial charge in [-0.15, -0.1) is 0 Å². The minimum Gasteiger partial charge on any atom is -0.501 e. The third-order valence-corrected chi connectivity index (χ3v) is 1.60. The van der Waals surface area contributed by atoms with E-state index < -0.39 is 35.0 Å². The molecule has 2 N–H and O–H groups in total. The van der Waals surface area contributed by atoms with E-state index in [-0.39, 0.29) is 59.1 Å². The van der Waals surface area contributed by atoms with E-state index in [4.69, 9.17) is 0 Å². The first kappa shape index (κ1) is 19.2. The quantitative estimate of drug-likeness (QED) is 0.546. The van der Waals surface area contributed by atoms with Crippen LogP contribution in [0.5, 0.6) is 11.5 Å². The summed E-state index contributed by atoms with van der Waals surface area (Å²) in [5.74, 6) is -5.06. The Morgan fingerprint density at radius 3 is 1.47 bits per heavy atom. The molecule has 0 aromatic carbocycles. The average Bonchev–Trinajstić information content (AvgIpc) is 2.54. The summed E-state index contributed by atoms with van der Waals surface area (Å²) in [5, 5.41) is 18.4. The van der Waals surface area contributed by atoms with Gasteiger partial charge < -0.3 is 24.1 Å². The Kier molecular flexibility index (Phi) is 9.04. The average molecular weight is 262 g/mol. The molecule has 17 heavy (non-hydrogen) atoms. The van der Waals surface area contributed by atoms with E-state index in [1.165, 1.54) is 0 Å². The molecule has 84 valence electrons. The molecule has 0 spiro atoms. The summed E-state index contributed by atoms with van der Waals surface area (Å²) in [7, 11) is 2.11. The minimum absolute atomic E-state index is 0. The van der Waals surface area contributed by atoms with Crippen molar-refractivity contribution in [2.45, 2.75) is 0 Å². The summed E-state index contributed by atoms with van der Waals surface area (Å²) in [6.07, 6.45) is 0. The zero-order valence-corrected chi connectivity index (χ0v) is 13.9. The number of furan rings is 1. The Balaban J connectivity index is 0. The van der Waals surface area contributed by atoms with Gasteiger partial charge in [0, 0.05) is 59.1 Å². The van der Waals surface area contributed by atoms with Crippen LogP contribution in [0.2, 0.25) is 0 Å². The van der Waals surface area contributed by atoms with Crippen molar-refractivity contribution < 1.29 is 33.7 Å². The Morgan fingerprint density at radius 1 is 0.941 bits per heavy atom. The number of hydrogen-bond acceptors (Lipinski definition) is 7. The summed E-state index contributed by atoms with van der Waals surface area (Å²) in [4.78, 5) is 21.9. The number of hydrogen-bond donors (Lipinski definition) is 2. The molecule has 0 bridgehead atoms. The van der Waals surface area contributed by atoms with Gasteiger partial charge in [0.15, 0.2) is 0 Å². The molecule has 0 atom stereocenters. The molecular formula is C8H8Na2O7. The molecule has 9 heteroatoms. The third-order valence-electron chi connectivity index (χ3n) is 1.60. The summed E-state index contributed by atoms with van der Waals surface area (Å²) in [5.41, 5.74) is 0. The maximum atomic E-state index is 11.0. The van der Waals surface area contributed by atoms with E-state index in [1.54, 1.807) is 0 Å². The Bertz CT molecular complexity index is 376. The van der Waals surface area contributed by atoms with Crippen molar-refractivity contribution >= 4 is 71.1 Å². The number of esters is 2. The van der Waals surface area contributed by atoms with E-state index >= 15 is 0 Å². The van der Waals surface area contributed by atoms with Crippen molar-refractivity contribution in [2.24, 2.45) is 0 Å². The molecule has 0 unspecified atom stereocenters. The SMILES string of the molecule is COC(=O)c1oc(C(=O)OC)c(O)c1O.[Na].[Na]. The molecule has 0 aliphatic rings. The monoisotopic (exact) mass is 262 g/mol. The van der Waals surface area contributed by atoms with Gasteiger partial charge in [-0.25, -0.2) is 9.59 Å². The van der Waals surface area contributed by atoms with Gasteiger partial charge in [-0.1, -0.05) is 0 Å². The summed E-state index contributed by atoms with van der Waals surface area (Å²) in [6.45, 7) is 0. The van der Waals surface area contributed by atoms with Crippen molar-refractivity contribution in [3.8, 4) is 11.5 Å². The second-order valence-corrected chi connectivity index (χ2v) is 2.44. The molecule has 0 aliphatic carbocycles. The van der Waals surface area contributed by atoms with Crippen LogP contribution >= 0.6 is 0 Å². The molecule has 1 heterocycles. The zero-order valence-electron chi connectivity index (χ0n) is 9.94. The molecule has 0 saturated carbocycles. The van der Waals surface area contributed by atoms with Crippen LogP contribution in [0, 0.1) is 0 Å². The number of rotatable bonds is 2. The molecular weight excluding hydrogens is 254 g/mol. The van der Waals surface area contributed by atoms with Gasteiger partial charge in [0.2, 0.25) is 11.5 Å². The van der Waals surface area contributed by atoms with Crippen molar-refractivity contribution in [1.82, 2.24) is 0 Å². The van der Waals surface area contributed by atoms with E-state index in [1.807, 2.05) is 0 Å². The van der Waals surface area contributed by atoms with E-state index in [0.717, 1.165) is 14.2 Å². The van der Waals surface area contributed by atoms with E-state index in [9.17, 15) is 19.8 Å². The number of carbonyl (C=O) groups is 2. The Hall–Kier alpha value is -0.180. The largest absolute Gasteiger partial charge is 0.501 e. The molecule has 1 aromatic heterocycles. The van der Waals surface area contributed by atoms with Crippen LogP contribution in [-0.4, -0.2) is 95.5 Å². The number of methoxy groups -OCH3 is 2. The van der Waals surface area contributed by atoms with E-state index in [2.05, 4.69) is 13.9 Å². The predicted octanol–water partition coefficient (Wildman–Crippen LogP) is -0.498. The van der Waals surface area contributed by atoms with Crippen LogP contribution in [0.15, 0.2) is 4.42 Å². The van der Waals surface area contributed by atoms with Crippen LogP contribution in [0.4, 0.5) is 0 Å². The van der Waals surface area contributed by atoms with Gasteiger partial charge in [-0.05, 0) is 0 Å². The fourth-order valence-corrected chi connectivity index (χ4v) is 0.876. The van der Waals surface area contributed by atoms with Gasteiger partial charge in [0.25, 0.3) is 11.5 Å². The maximum absolute atomic E-state index is 11.0. The Morgan fingerprint density at radius 2 is 1.24 bits per heavy atom. The number of carbonyl (C=O) groups excluding carboxylic acids is 2. The first-order valence-electron chi connectivity index (χ1n) is 3.74. The van der Waals surface area contributed by atoms with E-state index in [0.29, 0.717) is 0 Å². The maximum Gasteiger partial charge on any atom is 0.378 e. The summed E-state index contributed by atoms with van der Waals surface area (Å²) in [6, 6.07) is 0. The second-order valence-electron chi connectivity index (χ2n) is 2.44. The van der Waals surface area contributed by atoms with Crippen molar-refractivity contribution in [3.05, 3.63) is 11.5 Å². The van der Waals surface area contributed by atoms with Gasteiger partial charge in [-0.2, -0.15) is 0 Å². The molecule has 1 rings (SSSR count). The van der Waals surface area contributed by atoms with Gasteiger partial charge in [0.1, 0.15) is 0 Å². The minimum atomic E-state index is -1.02. The number of aromatic hydroxyl groups is 2. The third kappa shape index (κ3) is 3.90. The normalized spacial score (nSPS) is 8.59. The first-order valence-corrected chi connectivity index (χ1v) is 3.74. The van der Waals surface area contributed by atoms with Crippen molar-refractivity contribution in [1.29, 1.82) is 0 Å². The molecule has 7 nitrogen and oxygen atoms in total. The molecule has 2 radical (unpaired) electrons. The van der Waals surface area contributed by atoms with Gasteiger partial charge in [-0.3, -0.25) is 0 Å². The van der Waals surface area contributed by atoms with Crippen LogP contribution in [0.1, 0.15) is 21.1 Å². The van der Waals surface area contributed by atoms with Crippen molar-refractivity contribution in [3.63, 3.8) is 0 Å². The zero-order chi connectivity index (χ0) is 11.6. The van der Waals surface area contributed by atoms with Crippen molar-refractivity contribution in [2.75, 3.05) is 14.2 Å². The topological polar surface area (TPSA) is 106 Å². The summed E-state index contributed by atoms with van der Waals surface area (Å²) < 4.78 is 13.1. The molecule has 0 saturated heterocycles. The van der Waals surface area contributed by atoms with Crippen LogP contribution in [-0.2, 0) is 9.47 Å². The smallest absolute Gasteiger partial charge is 0.378 e.